The second-order valence-corrected chi connectivity index (χ2v) is 29.5. The van der Waals surface area contributed by atoms with Crippen LogP contribution in [0, 0.1) is 6.33 Å². The van der Waals surface area contributed by atoms with Crippen LogP contribution in [0.4, 0.5) is 0 Å². The molecular weight excluding hydrogens is 1010 g/mol. The molecule has 83 heavy (non-hydrogen) atoms. The molecule has 0 unspecified atom stereocenters. The first-order valence-corrected chi connectivity index (χ1v) is 30.1. The molecule has 0 saturated carbocycles. The Hall–Kier alpha value is -8.02. The molecule has 0 saturated heterocycles. The van der Waals surface area contributed by atoms with E-state index in [4.69, 9.17) is 9.72 Å². The Labute approximate surface area is 492 Å². The average Bonchev–Trinajstić information content (AvgIpc) is 4.24. The molecule has 13 rings (SSSR count). The Morgan fingerprint density at radius 3 is 1.65 bits per heavy atom. The Bertz CT molecular complexity index is 4420. The topological polar surface area (TPSA) is 35.9 Å². The molecule has 0 radical (unpaired) electrons. The monoisotopic (exact) mass is 1090 g/mol. The lowest BCUT2D eigenvalue weighted by Gasteiger charge is -2.42. The molecule has 0 atom stereocenters. The van der Waals surface area contributed by atoms with Crippen LogP contribution >= 0.6 is 0 Å². The third kappa shape index (κ3) is 9.21. The van der Waals surface area contributed by atoms with E-state index in [0.29, 0.717) is 0 Å². The Kier molecular flexibility index (Phi) is 12.3. The number of fused-ring (bicyclic) bond motifs is 11. The van der Waals surface area contributed by atoms with Crippen molar-refractivity contribution in [2.45, 2.75) is 156 Å². The molecule has 1 aliphatic heterocycles. The van der Waals surface area contributed by atoms with Gasteiger partial charge in [0.25, 0.3) is 6.33 Å². The predicted molar refractivity (Wildman–Crippen MR) is 348 cm³/mol. The van der Waals surface area contributed by atoms with Gasteiger partial charge >= 0.3 is 0 Å². The maximum atomic E-state index is 7.00. The first-order valence-electron chi connectivity index (χ1n) is 30.1. The maximum absolute atomic E-state index is 7.00. The van der Waals surface area contributed by atoms with Crippen molar-refractivity contribution < 1.29 is 9.30 Å². The molecule has 4 heterocycles. The van der Waals surface area contributed by atoms with Gasteiger partial charge in [0.15, 0.2) is 0 Å². The van der Waals surface area contributed by atoms with Crippen LogP contribution in [0.5, 0.6) is 11.5 Å². The van der Waals surface area contributed by atoms with Crippen molar-refractivity contribution in [1.82, 2.24) is 14.1 Å². The van der Waals surface area contributed by atoms with E-state index in [2.05, 4.69) is 295 Å². The van der Waals surface area contributed by atoms with E-state index in [1.807, 2.05) is 6.20 Å². The summed E-state index contributed by atoms with van der Waals surface area (Å²) in [6.45, 7) is 37.8. The third-order valence-corrected chi connectivity index (χ3v) is 18.4. The lowest BCUT2D eigenvalue weighted by Crippen LogP contribution is -2.34. The molecule has 5 heteroatoms. The highest BCUT2D eigenvalue weighted by molar-refractivity contribution is 6.09. The van der Waals surface area contributed by atoms with E-state index in [9.17, 15) is 0 Å². The minimum absolute atomic E-state index is 0.0109. The largest absolute Gasteiger partial charge is 0.458 e. The number of rotatable bonds is 5. The van der Waals surface area contributed by atoms with Crippen molar-refractivity contribution >= 4 is 32.8 Å². The summed E-state index contributed by atoms with van der Waals surface area (Å²) in [6.07, 6.45) is 8.35. The molecule has 8 aromatic carbocycles. The van der Waals surface area contributed by atoms with Gasteiger partial charge in [-0.1, -0.05) is 214 Å². The lowest BCUT2D eigenvalue weighted by atomic mass is 9.62. The van der Waals surface area contributed by atoms with E-state index >= 15 is 0 Å². The molecule has 0 amide bonds. The summed E-state index contributed by atoms with van der Waals surface area (Å²) >= 11 is 0. The number of imidazole rings is 1. The first kappa shape index (κ1) is 54.2. The number of ether oxygens (including phenoxy) is 1. The predicted octanol–water partition coefficient (Wildman–Crippen LogP) is 20.5. The molecule has 2 aliphatic rings. The fourth-order valence-electron chi connectivity index (χ4n) is 13.2. The minimum atomic E-state index is -0.173. The fraction of sp³-hybridized carbons (Fsp3) is 0.308. The van der Waals surface area contributed by atoms with Gasteiger partial charge in [-0.15, -0.1) is 0 Å². The van der Waals surface area contributed by atoms with E-state index in [1.54, 1.807) is 0 Å². The number of benzene rings is 8. The summed E-state index contributed by atoms with van der Waals surface area (Å²) in [5, 5.41) is 2.33. The second kappa shape index (κ2) is 18.7. The van der Waals surface area contributed by atoms with Gasteiger partial charge in [-0.05, 0) is 178 Å². The van der Waals surface area contributed by atoms with Gasteiger partial charge < -0.3 is 4.74 Å². The summed E-state index contributed by atoms with van der Waals surface area (Å²) in [5.41, 5.74) is 23.8. The summed E-state index contributed by atoms with van der Waals surface area (Å²) in [7, 11) is 0. The number of hydrogen-bond donors (Lipinski definition) is 0. The zero-order valence-electron chi connectivity index (χ0n) is 51.8. The van der Waals surface area contributed by atoms with Crippen molar-refractivity contribution in [3.63, 3.8) is 0 Å². The van der Waals surface area contributed by atoms with E-state index in [0.717, 1.165) is 74.5 Å². The van der Waals surface area contributed by atoms with Crippen LogP contribution in [0.2, 0.25) is 0 Å². The Morgan fingerprint density at radius 1 is 0.446 bits per heavy atom. The van der Waals surface area contributed by atoms with Crippen molar-refractivity contribution in [3.8, 4) is 73.2 Å². The smallest absolute Gasteiger partial charge is 0.269 e. The van der Waals surface area contributed by atoms with Crippen molar-refractivity contribution in [2.24, 2.45) is 0 Å². The van der Waals surface area contributed by atoms with Crippen LogP contribution in [0.3, 0.4) is 0 Å². The molecule has 3 aromatic heterocycles. The van der Waals surface area contributed by atoms with E-state index < -0.39 is 0 Å². The lowest BCUT2D eigenvalue weighted by molar-refractivity contribution is -0.570. The van der Waals surface area contributed by atoms with Gasteiger partial charge in [0.05, 0.1) is 33.4 Å². The fourth-order valence-corrected chi connectivity index (χ4v) is 13.2. The molecule has 0 spiro atoms. The summed E-state index contributed by atoms with van der Waals surface area (Å²) in [5.74, 6) is 2.37. The van der Waals surface area contributed by atoms with Gasteiger partial charge in [-0.3, -0.25) is 13.7 Å². The highest BCUT2D eigenvalue weighted by Crippen LogP contribution is 2.53. The minimum Gasteiger partial charge on any atom is -0.458 e. The van der Waals surface area contributed by atoms with Gasteiger partial charge in [0.2, 0.25) is 0 Å². The van der Waals surface area contributed by atoms with Crippen molar-refractivity contribution in [2.75, 3.05) is 0 Å². The SMILES string of the molecule is CC(C)(C)c1cc(-c2cc(C(C)(C)C)cc3c2-[n+]2[c-]n(-c4cccc(Oc5ccc6c7ccccc7n(-c7cc(C(C)(C)C)ccn7)c6c5)c4)c4cccc(c42)-c2ccccc2-c2cc4c(cc2-3)C(C)(C)CCC4(C)C)cc(C(C)(C)C)c1. The molecule has 418 valence electrons. The van der Waals surface area contributed by atoms with Crippen LogP contribution in [0.1, 0.15) is 157 Å². The molecular formula is C78H80N4O. The third-order valence-electron chi connectivity index (χ3n) is 18.4. The zero-order chi connectivity index (χ0) is 58.5. The molecule has 1 aliphatic carbocycles. The van der Waals surface area contributed by atoms with Gasteiger partial charge in [-0.25, -0.2) is 4.98 Å². The second-order valence-electron chi connectivity index (χ2n) is 29.5. The Morgan fingerprint density at radius 2 is 0.988 bits per heavy atom. The summed E-state index contributed by atoms with van der Waals surface area (Å²) < 4.78 is 14.0. The average molecular weight is 1090 g/mol. The Balaban J connectivity index is 1.08. The van der Waals surface area contributed by atoms with Gasteiger partial charge in [0, 0.05) is 23.0 Å². The van der Waals surface area contributed by atoms with Crippen LogP contribution in [-0.2, 0) is 32.5 Å². The highest BCUT2D eigenvalue weighted by atomic mass is 16.5. The van der Waals surface area contributed by atoms with Gasteiger partial charge in [-0.2, -0.15) is 0 Å². The van der Waals surface area contributed by atoms with Crippen molar-refractivity contribution in [1.29, 1.82) is 0 Å². The zero-order valence-corrected chi connectivity index (χ0v) is 51.8. The molecule has 11 aromatic rings. The standard InChI is InChI=1S/C78H80N4O/c1-73(2,3)49-33-36-79-70(42-49)82-67-29-20-19-27-58(67)59-32-31-55(44-69(59)82)83-54-24-21-23-53(43-54)80-47-81-71-61(48-37-50(74(4,5)6)39-51(38-48)75(7,8)9)40-52(76(10,11)12)41-64(71)63-46-66-65(77(13,14)34-35-78(66,15)16)45-62(63)57-26-18-17-25-56(57)60-28-22-30-68(80)72(60)81/h17-33,36-46H,34-35H2,1-16H3. The molecule has 0 N–H and O–H groups in total. The van der Waals surface area contributed by atoms with Crippen molar-refractivity contribution in [3.05, 3.63) is 210 Å². The van der Waals surface area contributed by atoms with Crippen LogP contribution in [-0.4, -0.2) is 14.1 Å². The van der Waals surface area contributed by atoms with Crippen LogP contribution in [0.25, 0.3) is 94.5 Å². The summed E-state index contributed by atoms with van der Waals surface area (Å²) in [6, 6.07) is 61.6. The molecule has 0 bridgehead atoms. The molecule has 0 fully saturated rings. The van der Waals surface area contributed by atoms with Crippen LogP contribution in [0.15, 0.2) is 170 Å². The number of pyridine rings is 1. The van der Waals surface area contributed by atoms with E-state index in [1.165, 1.54) is 77.7 Å². The number of hydrogen-bond acceptors (Lipinski definition) is 2. The quantitative estimate of drug-likeness (QED) is 0.127. The number of aromatic nitrogens is 4. The highest BCUT2D eigenvalue weighted by Gasteiger charge is 2.39. The van der Waals surface area contributed by atoms with E-state index in [-0.39, 0.29) is 32.5 Å². The van der Waals surface area contributed by atoms with Gasteiger partial charge in [0.1, 0.15) is 17.3 Å². The normalized spacial score (nSPS) is 14.8. The number of para-hydroxylation sites is 2. The van der Waals surface area contributed by atoms with Crippen LogP contribution < -0.4 is 9.30 Å². The molecule has 5 nitrogen and oxygen atoms in total. The number of nitrogens with zero attached hydrogens (tertiary/aromatic N) is 4. The summed E-state index contributed by atoms with van der Waals surface area (Å²) in [4.78, 5) is 4.96. The first-order chi connectivity index (χ1) is 39.1. The maximum Gasteiger partial charge on any atom is 0.269 e.